The van der Waals surface area contributed by atoms with Crippen molar-refractivity contribution in [2.45, 2.75) is 20.3 Å². The number of hydrogen-bond donors (Lipinski definition) is 2. The highest BCUT2D eigenvalue weighted by molar-refractivity contribution is 7.19. The summed E-state index contributed by atoms with van der Waals surface area (Å²) in [5.41, 5.74) is 3.39. The third kappa shape index (κ3) is 4.28. The number of aliphatic carboxylic acids is 1. The molecule has 7 nitrogen and oxygen atoms in total. The highest BCUT2D eigenvalue weighted by Gasteiger charge is 2.17. The number of carbonyl (C=O) groups is 2. The van der Waals surface area contributed by atoms with Gasteiger partial charge >= 0.3 is 5.97 Å². The van der Waals surface area contributed by atoms with Gasteiger partial charge in [0.15, 0.2) is 0 Å². The summed E-state index contributed by atoms with van der Waals surface area (Å²) in [7, 11) is 1.48. The normalized spacial score (nSPS) is 10.8. The first kappa shape index (κ1) is 19.8. The van der Waals surface area contributed by atoms with Crippen molar-refractivity contribution in [2.24, 2.45) is 0 Å². The number of nitrogens with zero attached hydrogens (tertiary/aromatic N) is 3. The van der Waals surface area contributed by atoms with Gasteiger partial charge in [-0.15, -0.1) is 11.3 Å². The number of benzene rings is 1. The maximum atomic E-state index is 12.0. The van der Waals surface area contributed by atoms with Crippen molar-refractivity contribution in [3.63, 3.8) is 0 Å². The predicted octanol–water partition coefficient (Wildman–Crippen LogP) is 3.32. The fourth-order valence-corrected chi connectivity index (χ4v) is 4.03. The molecule has 0 saturated heterocycles. The van der Waals surface area contributed by atoms with E-state index in [4.69, 9.17) is 5.11 Å². The van der Waals surface area contributed by atoms with E-state index >= 15 is 0 Å². The molecule has 0 spiro atoms. The van der Waals surface area contributed by atoms with Crippen molar-refractivity contribution < 1.29 is 14.7 Å². The SMILES string of the molecule is Cc1ccc(-c2c(C)sc3ncnc(NCCC(=O)N(C)CC(=O)O)c23)cc1. The lowest BCUT2D eigenvalue weighted by atomic mass is 10.0. The average molecular weight is 398 g/mol. The number of amides is 1. The minimum Gasteiger partial charge on any atom is -0.480 e. The Balaban J connectivity index is 1.83. The van der Waals surface area contributed by atoms with E-state index in [9.17, 15) is 9.59 Å². The first-order valence-corrected chi connectivity index (χ1v) is 9.69. The van der Waals surface area contributed by atoms with Crippen LogP contribution in [0.1, 0.15) is 16.9 Å². The maximum Gasteiger partial charge on any atom is 0.323 e. The Kier molecular flexibility index (Phi) is 5.89. The molecule has 0 saturated carbocycles. The van der Waals surface area contributed by atoms with Crippen LogP contribution in [0.15, 0.2) is 30.6 Å². The summed E-state index contributed by atoms with van der Waals surface area (Å²) >= 11 is 1.61. The van der Waals surface area contributed by atoms with Gasteiger partial charge in [0.25, 0.3) is 0 Å². The van der Waals surface area contributed by atoms with Crippen LogP contribution in [-0.2, 0) is 9.59 Å². The molecule has 2 N–H and O–H groups in total. The topological polar surface area (TPSA) is 95.4 Å². The monoisotopic (exact) mass is 398 g/mol. The molecule has 0 aliphatic rings. The lowest BCUT2D eigenvalue weighted by Gasteiger charge is -2.15. The lowest BCUT2D eigenvalue weighted by Crippen LogP contribution is -2.32. The number of carbonyl (C=O) groups excluding carboxylic acids is 1. The van der Waals surface area contributed by atoms with Gasteiger partial charge < -0.3 is 15.3 Å². The summed E-state index contributed by atoms with van der Waals surface area (Å²) in [5, 5.41) is 13.0. The molecule has 28 heavy (non-hydrogen) atoms. The number of aromatic nitrogens is 2. The number of rotatable bonds is 7. The largest absolute Gasteiger partial charge is 0.480 e. The summed E-state index contributed by atoms with van der Waals surface area (Å²) in [4.78, 5) is 34.8. The van der Waals surface area contributed by atoms with Crippen molar-refractivity contribution in [1.29, 1.82) is 0 Å². The van der Waals surface area contributed by atoms with Crippen LogP contribution in [0.3, 0.4) is 0 Å². The van der Waals surface area contributed by atoms with E-state index in [1.165, 1.54) is 23.8 Å². The highest BCUT2D eigenvalue weighted by atomic mass is 32.1. The number of fused-ring (bicyclic) bond motifs is 1. The van der Waals surface area contributed by atoms with Gasteiger partial charge in [0, 0.05) is 30.5 Å². The molecular formula is C20H22N4O3S. The zero-order chi connectivity index (χ0) is 20.3. The molecule has 1 aromatic carbocycles. The summed E-state index contributed by atoms with van der Waals surface area (Å²) < 4.78 is 0. The first-order valence-electron chi connectivity index (χ1n) is 8.87. The number of nitrogens with one attached hydrogen (secondary N) is 1. The van der Waals surface area contributed by atoms with Crippen molar-refractivity contribution in [3.05, 3.63) is 41.0 Å². The van der Waals surface area contributed by atoms with E-state index in [1.807, 2.05) is 0 Å². The minimum absolute atomic E-state index is 0.179. The third-order valence-corrected chi connectivity index (χ3v) is 5.45. The number of hydrogen-bond acceptors (Lipinski definition) is 6. The summed E-state index contributed by atoms with van der Waals surface area (Å²) in [6.07, 6.45) is 1.69. The lowest BCUT2D eigenvalue weighted by molar-refractivity contribution is -0.143. The van der Waals surface area contributed by atoms with E-state index in [-0.39, 0.29) is 18.9 Å². The molecule has 2 aromatic heterocycles. The van der Waals surface area contributed by atoms with Crippen LogP contribution < -0.4 is 5.32 Å². The van der Waals surface area contributed by atoms with Gasteiger partial charge in [0.2, 0.25) is 5.91 Å². The Hall–Kier alpha value is -3.00. The molecule has 1 amide bonds. The fourth-order valence-electron chi connectivity index (χ4n) is 3.02. The van der Waals surface area contributed by atoms with E-state index < -0.39 is 5.97 Å². The average Bonchev–Trinajstić information content (AvgIpc) is 2.98. The molecule has 0 bridgehead atoms. The Morgan fingerprint density at radius 1 is 1.18 bits per heavy atom. The zero-order valence-electron chi connectivity index (χ0n) is 16.0. The zero-order valence-corrected chi connectivity index (χ0v) is 16.8. The second kappa shape index (κ2) is 8.35. The standard InChI is InChI=1S/C20H22N4O3S/c1-12-4-6-14(7-5-12)17-13(2)28-20-18(17)19(22-11-23-20)21-9-8-15(25)24(3)10-16(26)27/h4-7,11H,8-10H2,1-3H3,(H,26,27)(H,21,22,23). The Labute approximate surface area is 167 Å². The van der Waals surface area contributed by atoms with Gasteiger partial charge in [0.05, 0.1) is 5.39 Å². The first-order chi connectivity index (χ1) is 13.4. The van der Waals surface area contributed by atoms with E-state index in [0.29, 0.717) is 12.4 Å². The van der Waals surface area contributed by atoms with E-state index in [2.05, 4.69) is 53.4 Å². The molecule has 3 rings (SSSR count). The smallest absolute Gasteiger partial charge is 0.323 e. The van der Waals surface area contributed by atoms with Crippen LogP contribution >= 0.6 is 11.3 Å². The molecule has 8 heteroatoms. The molecule has 0 fully saturated rings. The third-order valence-electron chi connectivity index (χ3n) is 4.43. The number of likely N-dealkylation sites (N-methyl/N-ethyl adjacent to an activating group) is 1. The van der Waals surface area contributed by atoms with Gasteiger partial charge in [-0.05, 0) is 19.4 Å². The van der Waals surface area contributed by atoms with Gasteiger partial charge in [-0.25, -0.2) is 9.97 Å². The summed E-state index contributed by atoms with van der Waals surface area (Å²) in [5.74, 6) is -0.586. The Morgan fingerprint density at radius 2 is 1.89 bits per heavy atom. The van der Waals surface area contributed by atoms with Crippen LogP contribution in [0.25, 0.3) is 21.3 Å². The van der Waals surface area contributed by atoms with Crippen molar-refractivity contribution >= 4 is 39.2 Å². The van der Waals surface area contributed by atoms with E-state index in [1.54, 1.807) is 11.3 Å². The van der Waals surface area contributed by atoms with Gasteiger partial charge in [-0.1, -0.05) is 29.8 Å². The molecule has 0 aliphatic carbocycles. The quantitative estimate of drug-likeness (QED) is 0.634. The number of thiophene rings is 1. The van der Waals surface area contributed by atoms with Crippen LogP contribution in [0, 0.1) is 13.8 Å². The van der Waals surface area contributed by atoms with Crippen LogP contribution in [0.5, 0.6) is 0 Å². The van der Waals surface area contributed by atoms with Crippen LogP contribution in [0.4, 0.5) is 5.82 Å². The number of aryl methyl sites for hydroxylation is 2. The predicted molar refractivity (Wildman–Crippen MR) is 111 cm³/mol. The molecule has 2 heterocycles. The number of carboxylic acid groups (broad SMARTS) is 1. The molecule has 0 aliphatic heterocycles. The fraction of sp³-hybridized carbons (Fsp3) is 0.300. The molecule has 3 aromatic rings. The van der Waals surface area contributed by atoms with Gasteiger partial charge in [-0.3, -0.25) is 9.59 Å². The van der Waals surface area contributed by atoms with Crippen molar-refractivity contribution in [1.82, 2.24) is 14.9 Å². The van der Waals surface area contributed by atoms with Gasteiger partial charge in [0.1, 0.15) is 23.5 Å². The summed E-state index contributed by atoms with van der Waals surface area (Å²) in [6.45, 7) is 4.17. The Bertz CT molecular complexity index is 1010. The Morgan fingerprint density at radius 3 is 2.57 bits per heavy atom. The maximum absolute atomic E-state index is 12.0. The number of anilines is 1. The van der Waals surface area contributed by atoms with Crippen LogP contribution in [-0.4, -0.2) is 52.0 Å². The van der Waals surface area contributed by atoms with Gasteiger partial charge in [-0.2, -0.15) is 0 Å². The van der Waals surface area contributed by atoms with E-state index in [0.717, 1.165) is 26.2 Å². The second-order valence-electron chi connectivity index (χ2n) is 6.62. The van der Waals surface area contributed by atoms with Crippen molar-refractivity contribution in [2.75, 3.05) is 25.5 Å². The van der Waals surface area contributed by atoms with Crippen LogP contribution in [0.2, 0.25) is 0 Å². The summed E-state index contributed by atoms with van der Waals surface area (Å²) in [6, 6.07) is 8.33. The number of carboxylic acids is 1. The molecule has 0 unspecified atom stereocenters. The van der Waals surface area contributed by atoms with Crippen molar-refractivity contribution in [3.8, 4) is 11.1 Å². The molecular weight excluding hydrogens is 376 g/mol. The second-order valence-corrected chi connectivity index (χ2v) is 7.83. The molecule has 0 atom stereocenters. The minimum atomic E-state index is -1.03. The molecule has 146 valence electrons. The molecule has 0 radical (unpaired) electrons. The highest BCUT2D eigenvalue weighted by Crippen LogP contribution is 2.40.